The molecule has 24 heavy (non-hydrogen) atoms. The van der Waals surface area contributed by atoms with Crippen molar-refractivity contribution in [3.63, 3.8) is 0 Å². The predicted molar refractivity (Wildman–Crippen MR) is 86.6 cm³/mol. The monoisotopic (exact) mass is 346 g/mol. The Morgan fingerprint density at radius 1 is 1.00 bits per heavy atom. The Hall–Kier alpha value is -2.29. The predicted octanol–water partition coefficient (Wildman–Crippen LogP) is 1.02. The topological polar surface area (TPSA) is 84.2 Å². The fourth-order valence-electron chi connectivity index (χ4n) is 3.30. The summed E-state index contributed by atoms with van der Waals surface area (Å²) in [6.45, 7) is 3.32. The molecule has 4 heterocycles. The highest BCUT2D eigenvalue weighted by atomic mass is 32.1. The lowest BCUT2D eigenvalue weighted by Gasteiger charge is -2.20. The molecular weight excluding hydrogens is 328 g/mol. The van der Waals surface area contributed by atoms with Crippen LogP contribution in [0.2, 0.25) is 0 Å². The van der Waals surface area contributed by atoms with Crippen LogP contribution in [0.25, 0.3) is 0 Å². The van der Waals surface area contributed by atoms with E-state index < -0.39 is 0 Å². The lowest BCUT2D eigenvalue weighted by molar-refractivity contribution is 0.0730. The van der Waals surface area contributed by atoms with Gasteiger partial charge in [0.15, 0.2) is 5.69 Å². The molecule has 0 unspecified atom stereocenters. The number of nitrogens with zero attached hydrogens (tertiary/aromatic N) is 6. The molecule has 4 rings (SSSR count). The minimum atomic E-state index is -0.141. The van der Waals surface area contributed by atoms with Crippen LogP contribution in [-0.4, -0.2) is 60.6 Å². The van der Waals surface area contributed by atoms with Gasteiger partial charge in [-0.1, -0.05) is 4.49 Å². The van der Waals surface area contributed by atoms with Gasteiger partial charge in [-0.2, -0.15) is 5.10 Å². The summed E-state index contributed by atoms with van der Waals surface area (Å²) in [5.74, 6) is -0.114. The van der Waals surface area contributed by atoms with Crippen molar-refractivity contribution in [3.05, 3.63) is 28.5 Å². The van der Waals surface area contributed by atoms with E-state index in [1.54, 1.807) is 16.5 Å². The number of rotatable bonds is 2. The van der Waals surface area contributed by atoms with Crippen LogP contribution in [0.1, 0.15) is 45.8 Å². The number of hydrogen-bond acceptors (Lipinski definition) is 6. The second-order valence-electron chi connectivity index (χ2n) is 6.10. The largest absolute Gasteiger partial charge is 0.339 e. The van der Waals surface area contributed by atoms with E-state index in [0.29, 0.717) is 30.9 Å². The van der Waals surface area contributed by atoms with Crippen LogP contribution in [0.15, 0.2) is 11.6 Å². The maximum atomic E-state index is 12.7. The third-order valence-electron chi connectivity index (χ3n) is 4.58. The van der Waals surface area contributed by atoms with Gasteiger partial charge in [-0.05, 0) is 30.8 Å². The fourth-order valence-corrected chi connectivity index (χ4v) is 3.73. The number of fused-ring (bicyclic) bond motifs is 1. The molecular formula is C15H18N6O2S. The first kappa shape index (κ1) is 15.3. The van der Waals surface area contributed by atoms with Gasteiger partial charge in [0.05, 0.1) is 24.0 Å². The van der Waals surface area contributed by atoms with E-state index in [9.17, 15) is 9.59 Å². The lowest BCUT2D eigenvalue weighted by Crippen LogP contribution is -2.33. The summed E-state index contributed by atoms with van der Waals surface area (Å²) in [5, 5.41) is 9.89. The fraction of sp³-hybridized carbons (Fsp3) is 0.533. The van der Waals surface area contributed by atoms with E-state index in [0.717, 1.165) is 49.6 Å². The van der Waals surface area contributed by atoms with Crippen LogP contribution in [0.4, 0.5) is 0 Å². The maximum absolute atomic E-state index is 12.7. The van der Waals surface area contributed by atoms with Gasteiger partial charge in [0.25, 0.3) is 11.8 Å². The number of aromatic nitrogens is 4. The van der Waals surface area contributed by atoms with E-state index >= 15 is 0 Å². The second-order valence-corrected chi connectivity index (χ2v) is 6.71. The zero-order valence-electron chi connectivity index (χ0n) is 13.2. The van der Waals surface area contributed by atoms with E-state index in [1.165, 1.54) is 0 Å². The standard InChI is InChI=1S/C15H18N6O2S/c22-14(19-4-1-2-5-19)11-8-16-21-7-3-6-20(9-13(11)21)15(23)12-10-24-18-17-12/h8,10H,1-7,9H2. The third-order valence-corrected chi connectivity index (χ3v) is 5.08. The molecule has 2 aromatic rings. The summed E-state index contributed by atoms with van der Waals surface area (Å²) < 4.78 is 5.62. The van der Waals surface area contributed by atoms with E-state index in [-0.39, 0.29) is 11.8 Å². The Labute approximate surface area is 143 Å². The van der Waals surface area contributed by atoms with Crippen LogP contribution >= 0.6 is 11.5 Å². The average molecular weight is 346 g/mol. The first-order valence-corrected chi connectivity index (χ1v) is 8.98. The summed E-state index contributed by atoms with van der Waals surface area (Å²) >= 11 is 1.16. The first-order valence-electron chi connectivity index (χ1n) is 8.14. The number of hydrogen-bond donors (Lipinski definition) is 0. The minimum Gasteiger partial charge on any atom is -0.339 e. The third kappa shape index (κ3) is 2.68. The normalized spacial score (nSPS) is 17.7. The molecule has 1 fully saturated rings. The van der Waals surface area contributed by atoms with Gasteiger partial charge in [0.2, 0.25) is 0 Å². The molecule has 8 nitrogen and oxygen atoms in total. The van der Waals surface area contributed by atoms with Crippen molar-refractivity contribution in [2.75, 3.05) is 19.6 Å². The Bertz CT molecular complexity index is 750. The van der Waals surface area contributed by atoms with Crippen molar-refractivity contribution in [1.82, 2.24) is 29.2 Å². The molecule has 2 aliphatic heterocycles. The van der Waals surface area contributed by atoms with Crippen LogP contribution in [0.3, 0.4) is 0 Å². The lowest BCUT2D eigenvalue weighted by atomic mass is 10.2. The smallest absolute Gasteiger partial charge is 0.275 e. The van der Waals surface area contributed by atoms with Gasteiger partial charge in [-0.15, -0.1) is 5.10 Å². The minimum absolute atomic E-state index is 0.0263. The van der Waals surface area contributed by atoms with E-state index in [2.05, 4.69) is 14.7 Å². The molecule has 0 bridgehead atoms. The number of amides is 2. The molecule has 0 spiro atoms. The molecule has 2 amide bonds. The number of carbonyl (C=O) groups excluding carboxylic acids is 2. The zero-order chi connectivity index (χ0) is 16.5. The summed E-state index contributed by atoms with van der Waals surface area (Å²) in [6.07, 6.45) is 4.55. The zero-order valence-corrected chi connectivity index (χ0v) is 14.0. The summed E-state index contributed by atoms with van der Waals surface area (Å²) in [4.78, 5) is 28.9. The molecule has 1 saturated heterocycles. The van der Waals surface area contributed by atoms with Gasteiger partial charge in [-0.25, -0.2) is 0 Å². The Morgan fingerprint density at radius 2 is 1.79 bits per heavy atom. The van der Waals surface area contributed by atoms with Crippen LogP contribution in [-0.2, 0) is 13.1 Å². The van der Waals surface area contributed by atoms with Crippen LogP contribution < -0.4 is 0 Å². The number of carbonyl (C=O) groups is 2. The molecule has 0 aromatic carbocycles. The van der Waals surface area contributed by atoms with Gasteiger partial charge in [0, 0.05) is 31.6 Å². The Kier molecular flexibility index (Phi) is 4.01. The van der Waals surface area contributed by atoms with Crippen molar-refractivity contribution in [2.24, 2.45) is 0 Å². The highest BCUT2D eigenvalue weighted by Gasteiger charge is 2.29. The summed E-state index contributed by atoms with van der Waals surface area (Å²) in [7, 11) is 0. The molecule has 2 aliphatic rings. The summed E-state index contributed by atoms with van der Waals surface area (Å²) in [6, 6.07) is 0. The van der Waals surface area contributed by atoms with Gasteiger partial charge in [0.1, 0.15) is 0 Å². The quantitative estimate of drug-likeness (QED) is 0.810. The number of aryl methyl sites for hydroxylation is 1. The van der Waals surface area contributed by atoms with Gasteiger partial charge < -0.3 is 9.80 Å². The molecule has 9 heteroatoms. The molecule has 0 N–H and O–H groups in total. The van der Waals surface area contributed by atoms with Crippen molar-refractivity contribution in [3.8, 4) is 0 Å². The van der Waals surface area contributed by atoms with Gasteiger partial charge >= 0.3 is 0 Å². The van der Waals surface area contributed by atoms with Crippen molar-refractivity contribution in [2.45, 2.75) is 32.4 Å². The van der Waals surface area contributed by atoms with E-state index in [4.69, 9.17) is 0 Å². The van der Waals surface area contributed by atoms with Crippen molar-refractivity contribution < 1.29 is 9.59 Å². The number of likely N-dealkylation sites (tertiary alicyclic amines) is 1. The SMILES string of the molecule is O=C(c1csnn1)N1CCCn2ncc(C(=O)N3CCCC3)c2C1. The average Bonchev–Trinajstić information content (AvgIpc) is 3.33. The highest BCUT2D eigenvalue weighted by molar-refractivity contribution is 7.03. The Morgan fingerprint density at radius 3 is 2.54 bits per heavy atom. The van der Waals surface area contributed by atoms with E-state index in [1.807, 2.05) is 9.58 Å². The molecule has 0 saturated carbocycles. The van der Waals surface area contributed by atoms with Crippen LogP contribution in [0, 0.1) is 0 Å². The molecule has 126 valence electrons. The van der Waals surface area contributed by atoms with Crippen LogP contribution in [0.5, 0.6) is 0 Å². The van der Waals surface area contributed by atoms with Crippen molar-refractivity contribution in [1.29, 1.82) is 0 Å². The molecule has 0 radical (unpaired) electrons. The Balaban J connectivity index is 1.60. The van der Waals surface area contributed by atoms with Gasteiger partial charge in [-0.3, -0.25) is 14.3 Å². The highest BCUT2D eigenvalue weighted by Crippen LogP contribution is 2.21. The first-order chi connectivity index (χ1) is 11.7. The second kappa shape index (κ2) is 6.31. The maximum Gasteiger partial charge on any atom is 0.275 e. The molecule has 2 aromatic heterocycles. The molecule has 0 atom stereocenters. The molecule has 0 aliphatic carbocycles. The van der Waals surface area contributed by atoms with Crippen molar-refractivity contribution >= 4 is 23.3 Å². The summed E-state index contributed by atoms with van der Waals surface area (Å²) in [5.41, 5.74) is 1.80.